The van der Waals surface area contributed by atoms with Crippen molar-refractivity contribution < 1.29 is 79.9 Å². The van der Waals surface area contributed by atoms with E-state index in [1.54, 1.807) is 0 Å². The zero-order valence-electron chi connectivity index (χ0n) is 17.7. The molecule has 200 valence electrons. The van der Waals surface area contributed by atoms with Gasteiger partial charge in [0.05, 0.1) is 19.8 Å². The summed E-state index contributed by atoms with van der Waals surface area (Å²) in [6, 6.07) is 0. The van der Waals surface area contributed by atoms with E-state index in [0.29, 0.717) is 0 Å². The summed E-state index contributed by atoms with van der Waals surface area (Å²) in [6.07, 6.45) is -24.4. The topological polar surface area (TPSA) is 269 Å². The van der Waals surface area contributed by atoms with Crippen molar-refractivity contribution >= 4 is 0 Å². The highest BCUT2D eigenvalue weighted by Gasteiger charge is 2.48. The molecule has 3 aliphatic heterocycles. The van der Waals surface area contributed by atoms with E-state index < -0.39 is 112 Å². The number of hydrogen-bond donors (Lipinski definition) is 11. The van der Waals surface area contributed by atoms with Crippen LogP contribution in [0.1, 0.15) is 0 Å². The van der Waals surface area contributed by atoms with Crippen molar-refractivity contribution in [2.45, 2.75) is 92.1 Å². The lowest BCUT2D eigenvalue weighted by molar-refractivity contribution is -0.340. The molecule has 0 aromatic rings. The Kier molecular flexibility index (Phi) is 9.54. The summed E-state index contributed by atoms with van der Waals surface area (Å²) in [5, 5.41) is 108. The molecule has 0 aromatic carbocycles. The highest BCUT2D eigenvalue weighted by atomic mass is 16.7. The number of ether oxygens (including phenoxy) is 5. The van der Waals surface area contributed by atoms with Crippen molar-refractivity contribution in [3.63, 3.8) is 0 Å². The molecule has 3 rings (SSSR count). The number of aliphatic hydroxyl groups excluding tert-OH is 11. The van der Waals surface area contributed by atoms with E-state index in [-0.39, 0.29) is 0 Å². The minimum absolute atomic E-state index is 0.570. The van der Waals surface area contributed by atoms with Crippen LogP contribution in [0.4, 0.5) is 0 Å². The van der Waals surface area contributed by atoms with E-state index in [9.17, 15) is 56.2 Å². The summed E-state index contributed by atoms with van der Waals surface area (Å²) < 4.78 is 26.1. The maximum Gasteiger partial charge on any atom is 0.186 e. The SMILES string of the molecule is OC[C@H]1O[C@@H](OC[C@H]2O[C@H](OC[C@H]3OC(O)[C@H](O)[C@@H](O)[C@@H]3O)[C@H](O)[C@@H](O)[C@H]2O)[C@H](O)[C@@H](O)[C@H]1O. The van der Waals surface area contributed by atoms with Crippen molar-refractivity contribution in [3.05, 3.63) is 0 Å². The molecule has 0 spiro atoms. The fourth-order valence-corrected chi connectivity index (χ4v) is 3.84. The molecule has 0 radical (unpaired) electrons. The molecule has 0 amide bonds. The van der Waals surface area contributed by atoms with E-state index in [1.165, 1.54) is 0 Å². The van der Waals surface area contributed by atoms with Gasteiger partial charge in [-0.3, -0.25) is 0 Å². The number of aliphatic hydroxyl groups is 11. The average molecular weight is 504 g/mol. The Hall–Kier alpha value is -0.640. The third-order valence-electron chi connectivity index (χ3n) is 6.05. The summed E-state index contributed by atoms with van der Waals surface area (Å²) >= 11 is 0. The third-order valence-corrected chi connectivity index (χ3v) is 6.05. The van der Waals surface area contributed by atoms with Gasteiger partial charge in [-0.1, -0.05) is 0 Å². The summed E-state index contributed by atoms with van der Waals surface area (Å²) in [5.74, 6) is 0. The van der Waals surface area contributed by atoms with Gasteiger partial charge in [-0.25, -0.2) is 0 Å². The predicted molar refractivity (Wildman–Crippen MR) is 101 cm³/mol. The molecule has 15 atom stereocenters. The summed E-state index contributed by atoms with van der Waals surface area (Å²) in [5.41, 5.74) is 0. The molecular formula is C18H32O16. The van der Waals surface area contributed by atoms with Gasteiger partial charge in [0, 0.05) is 0 Å². The number of rotatable bonds is 7. The first-order valence-electron chi connectivity index (χ1n) is 10.6. The van der Waals surface area contributed by atoms with Crippen LogP contribution in [0.3, 0.4) is 0 Å². The van der Waals surface area contributed by atoms with Crippen molar-refractivity contribution in [2.24, 2.45) is 0 Å². The average Bonchev–Trinajstić information content (AvgIpc) is 2.82. The van der Waals surface area contributed by atoms with Crippen LogP contribution in [-0.2, 0) is 23.7 Å². The number of hydrogen-bond acceptors (Lipinski definition) is 16. The second kappa shape index (κ2) is 11.6. The zero-order chi connectivity index (χ0) is 25.3. The summed E-state index contributed by atoms with van der Waals surface area (Å²) in [4.78, 5) is 0. The summed E-state index contributed by atoms with van der Waals surface area (Å²) in [7, 11) is 0. The highest BCUT2D eigenvalue weighted by molar-refractivity contribution is 4.92. The second-order valence-electron chi connectivity index (χ2n) is 8.42. The molecule has 11 N–H and O–H groups in total. The van der Waals surface area contributed by atoms with Gasteiger partial charge < -0.3 is 79.9 Å². The van der Waals surface area contributed by atoms with Crippen molar-refractivity contribution in [1.29, 1.82) is 0 Å². The van der Waals surface area contributed by atoms with Crippen LogP contribution in [0.15, 0.2) is 0 Å². The molecular weight excluding hydrogens is 472 g/mol. The molecule has 3 aliphatic rings. The third kappa shape index (κ3) is 5.68. The molecule has 3 saturated heterocycles. The van der Waals surface area contributed by atoms with E-state index in [1.807, 2.05) is 0 Å². The van der Waals surface area contributed by atoms with Crippen LogP contribution in [0.2, 0.25) is 0 Å². The lowest BCUT2D eigenvalue weighted by Crippen LogP contribution is -2.62. The first-order valence-corrected chi connectivity index (χ1v) is 10.6. The minimum Gasteiger partial charge on any atom is -0.394 e. The minimum atomic E-state index is -1.82. The lowest BCUT2D eigenvalue weighted by Gasteiger charge is -2.43. The lowest BCUT2D eigenvalue weighted by atomic mass is 9.98. The van der Waals surface area contributed by atoms with Crippen molar-refractivity contribution in [3.8, 4) is 0 Å². The van der Waals surface area contributed by atoms with Crippen molar-refractivity contribution in [1.82, 2.24) is 0 Å². The van der Waals surface area contributed by atoms with Crippen LogP contribution in [-0.4, -0.2) is 168 Å². The Morgan fingerprint density at radius 2 is 0.824 bits per heavy atom. The Labute approximate surface area is 192 Å². The maximum atomic E-state index is 10.2. The predicted octanol–water partition coefficient (Wildman–Crippen LogP) is -7.57. The van der Waals surface area contributed by atoms with Crippen LogP contribution in [0.25, 0.3) is 0 Å². The largest absolute Gasteiger partial charge is 0.394 e. The van der Waals surface area contributed by atoms with Crippen LogP contribution in [0, 0.1) is 0 Å². The second-order valence-corrected chi connectivity index (χ2v) is 8.42. The molecule has 1 unspecified atom stereocenters. The monoisotopic (exact) mass is 504 g/mol. The van der Waals surface area contributed by atoms with Crippen LogP contribution >= 0.6 is 0 Å². The first-order chi connectivity index (χ1) is 16.0. The molecule has 16 heteroatoms. The molecule has 0 bridgehead atoms. The van der Waals surface area contributed by atoms with E-state index in [2.05, 4.69) is 0 Å². The molecule has 0 aliphatic carbocycles. The van der Waals surface area contributed by atoms with Gasteiger partial charge in [-0.2, -0.15) is 0 Å². The van der Waals surface area contributed by atoms with Gasteiger partial charge in [0.15, 0.2) is 18.9 Å². The molecule has 16 nitrogen and oxygen atoms in total. The zero-order valence-corrected chi connectivity index (χ0v) is 17.7. The Bertz CT molecular complexity index is 639. The van der Waals surface area contributed by atoms with Gasteiger partial charge in [-0.15, -0.1) is 0 Å². The molecule has 0 saturated carbocycles. The van der Waals surface area contributed by atoms with Crippen LogP contribution in [0.5, 0.6) is 0 Å². The normalized spacial score (nSPS) is 52.5. The maximum absolute atomic E-state index is 10.2. The molecule has 34 heavy (non-hydrogen) atoms. The Balaban J connectivity index is 1.58. The fraction of sp³-hybridized carbons (Fsp3) is 1.00. The van der Waals surface area contributed by atoms with E-state index in [0.717, 1.165) is 0 Å². The van der Waals surface area contributed by atoms with Gasteiger partial charge >= 0.3 is 0 Å². The van der Waals surface area contributed by atoms with Gasteiger partial charge in [0.25, 0.3) is 0 Å². The van der Waals surface area contributed by atoms with E-state index in [4.69, 9.17) is 23.7 Å². The quantitative estimate of drug-likeness (QED) is 0.154. The molecule has 3 heterocycles. The van der Waals surface area contributed by atoms with E-state index >= 15 is 0 Å². The Morgan fingerprint density at radius 1 is 0.441 bits per heavy atom. The first kappa shape index (κ1) is 27.9. The standard InChI is InChI=1S/C18H32O16/c19-1-4-7(20)11(24)14(27)17(33-4)31-3-6-9(22)12(25)15(28)18(34-6)30-2-5-8(21)10(23)13(26)16(29)32-5/h4-29H,1-3H2/t4-,5-,6-,7+,8-,9+,10+,11+,12+,13-,14-,15-,16?,17-,18+/m1/s1. The smallest absolute Gasteiger partial charge is 0.186 e. The van der Waals surface area contributed by atoms with Gasteiger partial charge in [-0.05, 0) is 0 Å². The highest BCUT2D eigenvalue weighted by Crippen LogP contribution is 2.27. The summed E-state index contributed by atoms with van der Waals surface area (Å²) in [6.45, 7) is -1.84. The van der Waals surface area contributed by atoms with Crippen LogP contribution < -0.4 is 0 Å². The fourth-order valence-electron chi connectivity index (χ4n) is 3.84. The van der Waals surface area contributed by atoms with Gasteiger partial charge in [0.1, 0.15) is 73.2 Å². The molecule has 0 aromatic heterocycles. The van der Waals surface area contributed by atoms with Gasteiger partial charge in [0.2, 0.25) is 0 Å². The Morgan fingerprint density at radius 3 is 1.29 bits per heavy atom. The molecule has 3 fully saturated rings. The van der Waals surface area contributed by atoms with Crippen molar-refractivity contribution in [2.75, 3.05) is 19.8 Å².